The van der Waals surface area contributed by atoms with Gasteiger partial charge in [-0.2, -0.15) is 0 Å². The Bertz CT molecular complexity index is 977. The van der Waals surface area contributed by atoms with E-state index in [-0.39, 0.29) is 17.7 Å². The molecule has 0 saturated carbocycles. The zero-order valence-corrected chi connectivity index (χ0v) is 16.6. The first kappa shape index (κ1) is 19.8. The molecule has 1 aromatic heterocycles. The number of amides is 2. The number of nitrogens with one attached hydrogen (secondary N) is 1. The summed E-state index contributed by atoms with van der Waals surface area (Å²) in [6.45, 7) is 1.59. The Balaban J connectivity index is 1.26. The number of piperidine rings is 1. The lowest BCUT2D eigenvalue weighted by Gasteiger charge is -2.31. The number of benzene rings is 2. The quantitative estimate of drug-likeness (QED) is 0.667. The van der Waals surface area contributed by atoms with Gasteiger partial charge in [-0.3, -0.25) is 9.59 Å². The van der Waals surface area contributed by atoms with Crippen LogP contribution in [0.3, 0.4) is 0 Å². The van der Waals surface area contributed by atoms with Crippen molar-refractivity contribution in [2.45, 2.75) is 19.4 Å². The number of furan rings is 1. The van der Waals surface area contributed by atoms with Crippen LogP contribution < -0.4 is 10.1 Å². The van der Waals surface area contributed by atoms with Crippen LogP contribution in [-0.2, 0) is 11.3 Å². The highest BCUT2D eigenvalue weighted by atomic mass is 16.5. The van der Waals surface area contributed by atoms with Crippen molar-refractivity contribution in [3.63, 3.8) is 0 Å². The van der Waals surface area contributed by atoms with Crippen LogP contribution in [0.4, 0.5) is 0 Å². The number of carbonyl (C=O) groups is 2. The van der Waals surface area contributed by atoms with Crippen molar-refractivity contribution in [3.8, 4) is 11.5 Å². The summed E-state index contributed by atoms with van der Waals surface area (Å²) in [5, 5.41) is 3.02. The van der Waals surface area contributed by atoms with Crippen LogP contribution in [0.2, 0.25) is 0 Å². The van der Waals surface area contributed by atoms with Gasteiger partial charge >= 0.3 is 0 Å². The molecule has 2 aromatic carbocycles. The van der Waals surface area contributed by atoms with Gasteiger partial charge in [0.1, 0.15) is 17.8 Å². The maximum Gasteiger partial charge on any atom is 0.257 e. The highest BCUT2D eigenvalue weighted by molar-refractivity contribution is 5.94. The van der Waals surface area contributed by atoms with Crippen molar-refractivity contribution in [2.24, 2.45) is 5.92 Å². The molecule has 0 aliphatic carbocycles. The lowest BCUT2D eigenvalue weighted by Crippen LogP contribution is -2.42. The Morgan fingerprint density at radius 3 is 2.50 bits per heavy atom. The second kappa shape index (κ2) is 9.31. The van der Waals surface area contributed by atoms with E-state index in [0.717, 1.165) is 17.1 Å². The number of likely N-dealkylation sites (tertiary alicyclic amines) is 1. The van der Waals surface area contributed by atoms with Crippen molar-refractivity contribution < 1.29 is 18.7 Å². The molecule has 6 heteroatoms. The maximum atomic E-state index is 12.6. The summed E-state index contributed by atoms with van der Waals surface area (Å²) < 4.78 is 10.8. The SMILES string of the molecule is O=C(NCc1cccc(Oc2ccccc2)c1)C1CCN(C(=O)c2ccoc2)CC1. The fourth-order valence-corrected chi connectivity index (χ4v) is 3.59. The van der Waals surface area contributed by atoms with E-state index in [4.69, 9.17) is 9.15 Å². The minimum atomic E-state index is -0.0813. The van der Waals surface area contributed by atoms with E-state index in [0.29, 0.717) is 38.0 Å². The summed E-state index contributed by atoms with van der Waals surface area (Å²) >= 11 is 0. The van der Waals surface area contributed by atoms with Gasteiger partial charge in [-0.05, 0) is 48.7 Å². The fraction of sp³-hybridized carbons (Fsp3) is 0.250. The van der Waals surface area contributed by atoms with Gasteiger partial charge in [0.15, 0.2) is 0 Å². The fourth-order valence-electron chi connectivity index (χ4n) is 3.59. The van der Waals surface area contributed by atoms with Gasteiger partial charge in [0.2, 0.25) is 5.91 Å². The standard InChI is InChI=1S/C24H24N2O4/c27-23(19-9-12-26(13-10-19)24(28)20-11-14-29-17-20)25-16-18-5-4-8-22(15-18)30-21-6-2-1-3-7-21/h1-8,11,14-15,17,19H,9-10,12-13,16H2,(H,25,27). The van der Waals surface area contributed by atoms with E-state index < -0.39 is 0 Å². The van der Waals surface area contributed by atoms with Crippen LogP contribution in [0.1, 0.15) is 28.8 Å². The molecule has 2 amide bonds. The van der Waals surface area contributed by atoms with Gasteiger partial charge in [-0.15, -0.1) is 0 Å². The highest BCUT2D eigenvalue weighted by Crippen LogP contribution is 2.23. The molecule has 0 spiro atoms. The molecule has 0 atom stereocenters. The number of carbonyl (C=O) groups excluding carboxylic acids is 2. The minimum Gasteiger partial charge on any atom is -0.472 e. The zero-order chi connectivity index (χ0) is 20.8. The topological polar surface area (TPSA) is 71.8 Å². The van der Waals surface area contributed by atoms with Gasteiger partial charge in [-0.25, -0.2) is 0 Å². The molecule has 2 heterocycles. The normalized spacial score (nSPS) is 14.3. The van der Waals surface area contributed by atoms with E-state index >= 15 is 0 Å². The maximum absolute atomic E-state index is 12.6. The summed E-state index contributed by atoms with van der Waals surface area (Å²) in [5.74, 6) is 1.41. The van der Waals surface area contributed by atoms with Gasteiger partial charge in [0.05, 0.1) is 11.8 Å². The summed E-state index contributed by atoms with van der Waals surface area (Å²) in [4.78, 5) is 26.7. The van der Waals surface area contributed by atoms with E-state index in [2.05, 4.69) is 5.32 Å². The molecule has 3 aromatic rings. The molecule has 30 heavy (non-hydrogen) atoms. The third-order valence-corrected chi connectivity index (χ3v) is 5.27. The molecule has 1 N–H and O–H groups in total. The highest BCUT2D eigenvalue weighted by Gasteiger charge is 2.28. The van der Waals surface area contributed by atoms with Crippen molar-refractivity contribution in [1.82, 2.24) is 10.2 Å². The van der Waals surface area contributed by atoms with E-state index in [1.165, 1.54) is 12.5 Å². The number of rotatable bonds is 6. The molecule has 1 fully saturated rings. The summed E-state index contributed by atoms with van der Waals surface area (Å²) in [6.07, 6.45) is 4.27. The van der Waals surface area contributed by atoms with Crippen molar-refractivity contribution in [2.75, 3.05) is 13.1 Å². The number of hydrogen-bond donors (Lipinski definition) is 1. The van der Waals surface area contributed by atoms with Crippen LogP contribution in [0.25, 0.3) is 0 Å². The third-order valence-electron chi connectivity index (χ3n) is 5.27. The molecule has 6 nitrogen and oxygen atoms in total. The Kier molecular flexibility index (Phi) is 6.13. The zero-order valence-electron chi connectivity index (χ0n) is 16.6. The smallest absolute Gasteiger partial charge is 0.257 e. The average molecular weight is 404 g/mol. The number of nitrogens with zero attached hydrogens (tertiary/aromatic N) is 1. The Hall–Kier alpha value is -3.54. The second-order valence-corrected chi connectivity index (χ2v) is 7.36. The average Bonchev–Trinajstić information content (AvgIpc) is 3.33. The van der Waals surface area contributed by atoms with Gasteiger partial charge in [0, 0.05) is 25.6 Å². The summed E-state index contributed by atoms with van der Waals surface area (Å²) in [6, 6.07) is 19.0. The molecule has 0 bridgehead atoms. The molecule has 0 radical (unpaired) electrons. The van der Waals surface area contributed by atoms with Gasteiger partial charge < -0.3 is 19.4 Å². The molecule has 4 rings (SSSR count). The first-order valence-electron chi connectivity index (χ1n) is 10.1. The Labute approximate surface area is 175 Å². The molecule has 1 saturated heterocycles. The van der Waals surface area contributed by atoms with Gasteiger partial charge in [-0.1, -0.05) is 30.3 Å². The van der Waals surface area contributed by atoms with Crippen LogP contribution in [0, 0.1) is 5.92 Å². The molecule has 1 aliphatic heterocycles. The first-order chi connectivity index (χ1) is 14.7. The lowest BCUT2D eigenvalue weighted by molar-refractivity contribution is -0.126. The monoisotopic (exact) mass is 404 g/mol. The van der Waals surface area contributed by atoms with E-state index in [1.807, 2.05) is 54.6 Å². The molecular formula is C24H24N2O4. The van der Waals surface area contributed by atoms with Crippen molar-refractivity contribution in [3.05, 3.63) is 84.3 Å². The molecule has 0 unspecified atom stereocenters. The van der Waals surface area contributed by atoms with Crippen LogP contribution >= 0.6 is 0 Å². The molecule has 1 aliphatic rings. The predicted octanol–water partition coefficient (Wildman–Crippen LogP) is 4.24. The molecule has 154 valence electrons. The largest absolute Gasteiger partial charge is 0.472 e. The third kappa shape index (κ3) is 4.89. The Morgan fingerprint density at radius 1 is 1.00 bits per heavy atom. The second-order valence-electron chi connectivity index (χ2n) is 7.36. The molecular weight excluding hydrogens is 380 g/mol. The predicted molar refractivity (Wildman–Crippen MR) is 112 cm³/mol. The van der Waals surface area contributed by atoms with Crippen LogP contribution in [0.5, 0.6) is 11.5 Å². The van der Waals surface area contributed by atoms with E-state index in [9.17, 15) is 9.59 Å². The Morgan fingerprint density at radius 2 is 1.77 bits per heavy atom. The summed E-state index contributed by atoms with van der Waals surface area (Å²) in [5.41, 5.74) is 1.53. The van der Waals surface area contributed by atoms with Crippen molar-refractivity contribution >= 4 is 11.8 Å². The lowest BCUT2D eigenvalue weighted by atomic mass is 9.95. The van der Waals surface area contributed by atoms with Crippen LogP contribution in [-0.4, -0.2) is 29.8 Å². The van der Waals surface area contributed by atoms with Crippen LogP contribution in [0.15, 0.2) is 77.6 Å². The number of para-hydroxylation sites is 1. The number of hydrogen-bond acceptors (Lipinski definition) is 4. The van der Waals surface area contributed by atoms with E-state index in [1.54, 1.807) is 11.0 Å². The van der Waals surface area contributed by atoms with Gasteiger partial charge in [0.25, 0.3) is 5.91 Å². The number of ether oxygens (including phenoxy) is 1. The minimum absolute atomic E-state index is 0.0276. The summed E-state index contributed by atoms with van der Waals surface area (Å²) in [7, 11) is 0. The van der Waals surface area contributed by atoms with Crippen molar-refractivity contribution in [1.29, 1.82) is 0 Å². The first-order valence-corrected chi connectivity index (χ1v) is 10.1.